The van der Waals surface area contributed by atoms with Crippen LogP contribution in [0.3, 0.4) is 0 Å². The predicted molar refractivity (Wildman–Crippen MR) is 99.3 cm³/mol. The number of anilines is 1. The van der Waals surface area contributed by atoms with Crippen LogP contribution in [0, 0.1) is 17.8 Å². The summed E-state index contributed by atoms with van der Waals surface area (Å²) in [5, 5.41) is 4.91. The summed E-state index contributed by atoms with van der Waals surface area (Å²) in [5.74, 6) is 5.88. The standard InChI is InChI=1S/C19H19N3O2S/c20-19(24)22-10-2-5-15(13-22)18(23)21-16-6-1-4-14(12-16)8-9-17-7-3-11-25-17/h1,3-4,6-7,11-12,15H,2,5,10,13H2,(H2,20,24)(H,21,23). The fourth-order valence-electron chi connectivity index (χ4n) is 2.79. The zero-order valence-corrected chi connectivity index (χ0v) is 14.5. The lowest BCUT2D eigenvalue weighted by molar-refractivity contribution is -0.121. The maximum absolute atomic E-state index is 12.5. The van der Waals surface area contributed by atoms with E-state index in [0.29, 0.717) is 18.8 Å². The van der Waals surface area contributed by atoms with Crippen LogP contribution in [0.5, 0.6) is 0 Å². The molecule has 2 aromatic rings. The van der Waals surface area contributed by atoms with E-state index in [2.05, 4.69) is 17.2 Å². The summed E-state index contributed by atoms with van der Waals surface area (Å²) in [4.78, 5) is 26.3. The third-order valence-corrected chi connectivity index (χ3v) is 4.87. The first-order valence-corrected chi connectivity index (χ1v) is 9.00. The van der Waals surface area contributed by atoms with Gasteiger partial charge < -0.3 is 16.0 Å². The number of benzene rings is 1. The number of carbonyl (C=O) groups is 2. The van der Waals surface area contributed by atoms with Crippen molar-refractivity contribution in [3.63, 3.8) is 0 Å². The molecule has 3 amide bonds. The number of hydrogen-bond acceptors (Lipinski definition) is 3. The van der Waals surface area contributed by atoms with Crippen molar-refractivity contribution in [2.75, 3.05) is 18.4 Å². The highest BCUT2D eigenvalue weighted by atomic mass is 32.1. The molecule has 5 nitrogen and oxygen atoms in total. The number of piperidine rings is 1. The SMILES string of the molecule is NC(=O)N1CCCC(C(=O)Nc2cccc(C#Cc3cccs3)c2)C1. The lowest BCUT2D eigenvalue weighted by atomic mass is 9.97. The third kappa shape index (κ3) is 4.61. The number of rotatable bonds is 2. The van der Waals surface area contributed by atoms with Crippen molar-refractivity contribution >= 4 is 29.0 Å². The lowest BCUT2D eigenvalue weighted by Gasteiger charge is -2.30. The molecule has 1 unspecified atom stereocenters. The van der Waals surface area contributed by atoms with Gasteiger partial charge in [-0.2, -0.15) is 0 Å². The Labute approximate surface area is 150 Å². The molecule has 0 radical (unpaired) electrons. The molecule has 128 valence electrons. The molecule has 1 aliphatic rings. The largest absolute Gasteiger partial charge is 0.351 e. The van der Waals surface area contributed by atoms with Gasteiger partial charge in [-0.25, -0.2) is 4.79 Å². The minimum Gasteiger partial charge on any atom is -0.351 e. The van der Waals surface area contributed by atoms with E-state index in [9.17, 15) is 9.59 Å². The van der Waals surface area contributed by atoms with E-state index in [1.165, 1.54) is 4.90 Å². The van der Waals surface area contributed by atoms with Crippen LogP contribution in [0.1, 0.15) is 23.3 Å². The van der Waals surface area contributed by atoms with Gasteiger partial charge in [0.15, 0.2) is 0 Å². The highest BCUT2D eigenvalue weighted by Crippen LogP contribution is 2.19. The highest BCUT2D eigenvalue weighted by molar-refractivity contribution is 7.10. The molecule has 1 aliphatic heterocycles. The van der Waals surface area contributed by atoms with Crippen LogP contribution in [-0.2, 0) is 4.79 Å². The number of hydrogen-bond donors (Lipinski definition) is 2. The molecular weight excluding hydrogens is 334 g/mol. The molecule has 0 aliphatic carbocycles. The van der Waals surface area contributed by atoms with E-state index in [4.69, 9.17) is 5.73 Å². The van der Waals surface area contributed by atoms with Crippen molar-refractivity contribution < 1.29 is 9.59 Å². The van der Waals surface area contributed by atoms with E-state index in [0.717, 1.165) is 23.3 Å². The normalized spacial score (nSPS) is 16.6. The zero-order chi connectivity index (χ0) is 17.6. The quantitative estimate of drug-likeness (QED) is 0.815. The van der Waals surface area contributed by atoms with E-state index in [1.54, 1.807) is 11.3 Å². The Kier molecular flexibility index (Phi) is 5.36. The third-order valence-electron chi connectivity index (χ3n) is 4.09. The summed E-state index contributed by atoms with van der Waals surface area (Å²) in [6, 6.07) is 10.9. The summed E-state index contributed by atoms with van der Waals surface area (Å²) in [5.41, 5.74) is 6.87. The molecule has 1 aromatic carbocycles. The lowest BCUT2D eigenvalue weighted by Crippen LogP contribution is -2.46. The van der Waals surface area contributed by atoms with Crippen molar-refractivity contribution in [3.8, 4) is 11.8 Å². The molecule has 25 heavy (non-hydrogen) atoms. The van der Waals surface area contributed by atoms with Crippen LogP contribution in [0.25, 0.3) is 0 Å². The van der Waals surface area contributed by atoms with Crippen LogP contribution in [0.15, 0.2) is 41.8 Å². The van der Waals surface area contributed by atoms with E-state index >= 15 is 0 Å². The maximum Gasteiger partial charge on any atom is 0.314 e. The molecule has 0 spiro atoms. The molecule has 6 heteroatoms. The van der Waals surface area contributed by atoms with Gasteiger partial charge in [0.05, 0.1) is 10.8 Å². The Hall–Kier alpha value is -2.78. The number of likely N-dealkylation sites (tertiary alicyclic amines) is 1. The summed E-state index contributed by atoms with van der Waals surface area (Å²) in [6.07, 6.45) is 1.54. The van der Waals surface area contributed by atoms with Crippen molar-refractivity contribution in [1.82, 2.24) is 4.90 Å². The number of thiophene rings is 1. The molecule has 1 aromatic heterocycles. The first kappa shape index (κ1) is 17.1. The van der Waals surface area contributed by atoms with Gasteiger partial charge in [0.25, 0.3) is 0 Å². The number of nitrogens with two attached hydrogens (primary N) is 1. The van der Waals surface area contributed by atoms with Crippen LogP contribution >= 0.6 is 11.3 Å². The van der Waals surface area contributed by atoms with Crippen molar-refractivity contribution in [3.05, 3.63) is 52.2 Å². The molecule has 1 atom stereocenters. The fraction of sp³-hybridized carbons (Fsp3) is 0.263. The van der Waals surface area contributed by atoms with Gasteiger partial charge in [0, 0.05) is 24.3 Å². The molecule has 3 N–H and O–H groups in total. The molecular formula is C19H19N3O2S. The smallest absolute Gasteiger partial charge is 0.314 e. The Morgan fingerprint density at radius 3 is 2.88 bits per heavy atom. The summed E-state index contributed by atoms with van der Waals surface area (Å²) >= 11 is 1.59. The van der Waals surface area contributed by atoms with Gasteiger partial charge >= 0.3 is 6.03 Å². The van der Waals surface area contributed by atoms with Crippen LogP contribution < -0.4 is 11.1 Å². The highest BCUT2D eigenvalue weighted by Gasteiger charge is 2.27. The summed E-state index contributed by atoms with van der Waals surface area (Å²) < 4.78 is 0. The number of nitrogens with one attached hydrogen (secondary N) is 1. The zero-order valence-electron chi connectivity index (χ0n) is 13.7. The molecule has 3 rings (SSSR count). The first-order chi connectivity index (χ1) is 12.1. The van der Waals surface area contributed by atoms with Crippen molar-refractivity contribution in [1.29, 1.82) is 0 Å². The van der Waals surface area contributed by atoms with E-state index in [-0.39, 0.29) is 11.8 Å². The Balaban J connectivity index is 1.65. The first-order valence-electron chi connectivity index (χ1n) is 8.12. The van der Waals surface area contributed by atoms with Gasteiger partial charge in [-0.1, -0.05) is 24.0 Å². The average Bonchev–Trinajstić information content (AvgIpc) is 3.14. The average molecular weight is 353 g/mol. The monoisotopic (exact) mass is 353 g/mol. The molecule has 1 saturated heterocycles. The van der Waals surface area contributed by atoms with Crippen LogP contribution in [-0.4, -0.2) is 29.9 Å². The van der Waals surface area contributed by atoms with Crippen molar-refractivity contribution in [2.24, 2.45) is 11.7 Å². The Morgan fingerprint density at radius 1 is 1.24 bits per heavy atom. The number of nitrogens with zero attached hydrogens (tertiary/aromatic N) is 1. The Morgan fingerprint density at radius 2 is 2.12 bits per heavy atom. The van der Waals surface area contributed by atoms with E-state index in [1.807, 2.05) is 41.8 Å². The molecule has 0 bridgehead atoms. The second-order valence-electron chi connectivity index (χ2n) is 5.92. The number of amides is 3. The minimum absolute atomic E-state index is 0.0886. The molecule has 2 heterocycles. The summed E-state index contributed by atoms with van der Waals surface area (Å²) in [7, 11) is 0. The van der Waals surface area contributed by atoms with Crippen LogP contribution in [0.4, 0.5) is 10.5 Å². The number of primary amides is 1. The second kappa shape index (κ2) is 7.86. The second-order valence-corrected chi connectivity index (χ2v) is 6.87. The van der Waals surface area contributed by atoms with E-state index < -0.39 is 6.03 Å². The maximum atomic E-state index is 12.5. The summed E-state index contributed by atoms with van der Waals surface area (Å²) in [6.45, 7) is 0.992. The van der Waals surface area contributed by atoms with Gasteiger partial charge in [0.2, 0.25) is 5.91 Å². The molecule has 0 saturated carbocycles. The molecule has 1 fully saturated rings. The number of carbonyl (C=O) groups excluding carboxylic acids is 2. The fourth-order valence-corrected chi connectivity index (χ4v) is 3.36. The van der Waals surface area contributed by atoms with Gasteiger partial charge in [-0.3, -0.25) is 4.79 Å². The Bertz CT molecular complexity index is 821. The predicted octanol–water partition coefficient (Wildman–Crippen LogP) is 2.88. The minimum atomic E-state index is -0.469. The van der Waals surface area contributed by atoms with Gasteiger partial charge in [0.1, 0.15) is 0 Å². The van der Waals surface area contributed by atoms with Crippen LogP contribution in [0.2, 0.25) is 0 Å². The number of urea groups is 1. The van der Waals surface area contributed by atoms with Crippen molar-refractivity contribution in [2.45, 2.75) is 12.8 Å². The van der Waals surface area contributed by atoms with Gasteiger partial charge in [-0.05, 0) is 42.5 Å². The topological polar surface area (TPSA) is 75.4 Å². The van der Waals surface area contributed by atoms with Gasteiger partial charge in [-0.15, -0.1) is 11.3 Å².